The number of anilines is 1. The number of carbonyl (C=O) groups is 2. The predicted molar refractivity (Wildman–Crippen MR) is 61.1 cm³/mol. The van der Waals surface area contributed by atoms with E-state index in [0.29, 0.717) is 0 Å². The maximum Gasteiger partial charge on any atom is 0.227 e. The molecule has 1 aliphatic rings. The smallest absolute Gasteiger partial charge is 0.227 e. The van der Waals surface area contributed by atoms with E-state index in [9.17, 15) is 14.0 Å². The number of benzene rings is 1. The number of hydrogen-bond acceptors (Lipinski definition) is 2. The van der Waals surface area contributed by atoms with Crippen molar-refractivity contribution in [2.45, 2.75) is 6.42 Å². The summed E-state index contributed by atoms with van der Waals surface area (Å²) in [4.78, 5) is 23.9. The van der Waals surface area contributed by atoms with E-state index in [2.05, 4.69) is 0 Å². The van der Waals surface area contributed by atoms with Crippen molar-refractivity contribution in [3.05, 3.63) is 29.0 Å². The molecule has 2 N–H and O–H groups in total. The molecule has 1 fully saturated rings. The largest absolute Gasteiger partial charge is 0.369 e. The molecule has 90 valence electrons. The minimum absolute atomic E-state index is 0.00000346. The Labute approximate surface area is 102 Å². The number of primary amides is 1. The number of halogens is 2. The van der Waals surface area contributed by atoms with Gasteiger partial charge in [-0.05, 0) is 12.1 Å². The zero-order valence-corrected chi connectivity index (χ0v) is 9.58. The van der Waals surface area contributed by atoms with E-state index in [1.807, 2.05) is 0 Å². The van der Waals surface area contributed by atoms with E-state index < -0.39 is 17.6 Å². The monoisotopic (exact) mass is 256 g/mol. The fraction of sp³-hybridized carbons (Fsp3) is 0.273. The zero-order valence-electron chi connectivity index (χ0n) is 8.82. The summed E-state index contributed by atoms with van der Waals surface area (Å²) >= 11 is 5.85. The van der Waals surface area contributed by atoms with Crippen molar-refractivity contribution < 1.29 is 14.0 Å². The van der Waals surface area contributed by atoms with Crippen LogP contribution in [0.4, 0.5) is 10.1 Å². The van der Waals surface area contributed by atoms with E-state index >= 15 is 0 Å². The Morgan fingerprint density at radius 2 is 2.24 bits per heavy atom. The summed E-state index contributed by atoms with van der Waals surface area (Å²) < 4.78 is 13.6. The van der Waals surface area contributed by atoms with Crippen molar-refractivity contribution in [1.82, 2.24) is 0 Å². The third-order valence-corrected chi connectivity index (χ3v) is 3.04. The van der Waals surface area contributed by atoms with E-state index in [4.69, 9.17) is 17.3 Å². The van der Waals surface area contributed by atoms with Gasteiger partial charge in [-0.3, -0.25) is 9.59 Å². The van der Waals surface area contributed by atoms with Crippen LogP contribution < -0.4 is 10.6 Å². The molecule has 1 aliphatic heterocycles. The standard InChI is InChI=1S/C11H10ClFN2O2/c12-7-2-1-3-8(13)10(7)15-5-6(11(14)17)4-9(15)16/h1-3,6H,4-5H2,(H2,14,17). The topological polar surface area (TPSA) is 63.4 Å². The molecule has 0 saturated carbocycles. The number of hydrogen-bond donors (Lipinski definition) is 1. The molecular formula is C11H10ClFN2O2. The number of rotatable bonds is 2. The minimum Gasteiger partial charge on any atom is -0.369 e. The molecule has 0 radical (unpaired) electrons. The van der Waals surface area contributed by atoms with E-state index in [-0.39, 0.29) is 29.6 Å². The lowest BCUT2D eigenvalue weighted by molar-refractivity contribution is -0.123. The molecule has 0 spiro atoms. The lowest BCUT2D eigenvalue weighted by Gasteiger charge is -2.18. The fourth-order valence-corrected chi connectivity index (χ4v) is 2.13. The Hall–Kier alpha value is -1.62. The lowest BCUT2D eigenvalue weighted by Crippen LogP contribution is -2.29. The van der Waals surface area contributed by atoms with Crippen molar-refractivity contribution in [2.75, 3.05) is 11.4 Å². The first kappa shape index (κ1) is 11.9. The molecule has 1 unspecified atom stereocenters. The van der Waals surface area contributed by atoms with Gasteiger partial charge in [0.25, 0.3) is 0 Å². The van der Waals surface area contributed by atoms with Gasteiger partial charge in [0.15, 0.2) is 0 Å². The number of carbonyl (C=O) groups excluding carboxylic acids is 2. The normalized spacial score (nSPS) is 19.8. The van der Waals surface area contributed by atoms with Gasteiger partial charge in [0.05, 0.1) is 16.6 Å². The molecule has 1 aromatic rings. The molecular weight excluding hydrogens is 247 g/mol. The summed E-state index contributed by atoms with van der Waals surface area (Å²) in [6.07, 6.45) is -0.00000346. The van der Waals surface area contributed by atoms with Crippen LogP contribution in [0.3, 0.4) is 0 Å². The molecule has 2 rings (SSSR count). The second-order valence-electron chi connectivity index (χ2n) is 3.88. The highest BCUT2D eigenvalue weighted by Gasteiger charge is 2.35. The summed E-state index contributed by atoms with van der Waals surface area (Å²) in [5, 5.41) is 0.142. The predicted octanol–water partition coefficient (Wildman–Crippen LogP) is 1.32. The summed E-state index contributed by atoms with van der Waals surface area (Å²) in [6, 6.07) is 4.16. The van der Waals surface area contributed by atoms with Crippen LogP contribution in [0.1, 0.15) is 6.42 Å². The first-order valence-corrected chi connectivity index (χ1v) is 5.42. The van der Waals surface area contributed by atoms with Crippen LogP contribution in [0.25, 0.3) is 0 Å². The lowest BCUT2D eigenvalue weighted by atomic mass is 10.1. The van der Waals surface area contributed by atoms with Crippen LogP contribution >= 0.6 is 11.6 Å². The number of nitrogens with two attached hydrogens (primary N) is 1. The molecule has 1 atom stereocenters. The molecule has 1 saturated heterocycles. The van der Waals surface area contributed by atoms with Gasteiger partial charge in [-0.25, -0.2) is 4.39 Å². The molecule has 0 aromatic heterocycles. The quantitative estimate of drug-likeness (QED) is 0.867. The molecule has 1 aromatic carbocycles. The average Bonchev–Trinajstić information content (AvgIpc) is 2.61. The van der Waals surface area contributed by atoms with Gasteiger partial charge in [0.1, 0.15) is 5.82 Å². The second kappa shape index (κ2) is 4.33. The summed E-state index contributed by atoms with van der Waals surface area (Å²) in [5.74, 6) is -2.08. The molecule has 17 heavy (non-hydrogen) atoms. The van der Waals surface area contributed by atoms with Gasteiger partial charge in [0, 0.05) is 13.0 Å². The van der Waals surface area contributed by atoms with E-state index in [0.717, 1.165) is 0 Å². The van der Waals surface area contributed by atoms with E-state index in [1.54, 1.807) is 0 Å². The Bertz CT molecular complexity index is 472. The van der Waals surface area contributed by atoms with Crippen molar-refractivity contribution in [2.24, 2.45) is 11.7 Å². The fourth-order valence-electron chi connectivity index (χ4n) is 1.86. The van der Waals surface area contributed by atoms with Crippen LogP contribution in [-0.4, -0.2) is 18.4 Å². The zero-order chi connectivity index (χ0) is 12.6. The van der Waals surface area contributed by atoms with Gasteiger partial charge in [-0.1, -0.05) is 17.7 Å². The molecule has 4 nitrogen and oxygen atoms in total. The Kier molecular flexibility index (Phi) is 3.02. The van der Waals surface area contributed by atoms with Crippen molar-refractivity contribution in [3.63, 3.8) is 0 Å². The van der Waals surface area contributed by atoms with Crippen LogP contribution in [0.15, 0.2) is 18.2 Å². The van der Waals surface area contributed by atoms with Gasteiger partial charge in [-0.2, -0.15) is 0 Å². The van der Waals surface area contributed by atoms with Crippen LogP contribution in [-0.2, 0) is 9.59 Å². The van der Waals surface area contributed by atoms with Crippen LogP contribution in [0.5, 0.6) is 0 Å². The third kappa shape index (κ3) is 2.10. The molecule has 0 bridgehead atoms. The molecule has 1 heterocycles. The Balaban J connectivity index is 2.35. The van der Waals surface area contributed by atoms with Gasteiger partial charge < -0.3 is 10.6 Å². The second-order valence-corrected chi connectivity index (χ2v) is 4.29. The molecule has 6 heteroatoms. The Morgan fingerprint density at radius 3 is 2.76 bits per heavy atom. The number of nitrogens with zero attached hydrogens (tertiary/aromatic N) is 1. The molecule has 2 amide bonds. The average molecular weight is 257 g/mol. The Morgan fingerprint density at radius 1 is 1.53 bits per heavy atom. The highest BCUT2D eigenvalue weighted by molar-refractivity contribution is 6.34. The van der Waals surface area contributed by atoms with E-state index in [1.165, 1.54) is 23.1 Å². The maximum absolute atomic E-state index is 13.6. The number of para-hydroxylation sites is 1. The highest BCUT2D eigenvalue weighted by Crippen LogP contribution is 2.33. The highest BCUT2D eigenvalue weighted by atomic mass is 35.5. The SMILES string of the molecule is NC(=O)C1CC(=O)N(c2c(F)cccc2Cl)C1. The maximum atomic E-state index is 13.6. The third-order valence-electron chi connectivity index (χ3n) is 2.73. The number of amides is 2. The first-order chi connectivity index (χ1) is 8.00. The van der Waals surface area contributed by atoms with Gasteiger partial charge in [0.2, 0.25) is 11.8 Å². The van der Waals surface area contributed by atoms with Gasteiger partial charge in [-0.15, -0.1) is 0 Å². The summed E-state index contributed by atoms with van der Waals surface area (Å²) in [5.41, 5.74) is 5.15. The summed E-state index contributed by atoms with van der Waals surface area (Å²) in [7, 11) is 0. The molecule has 0 aliphatic carbocycles. The minimum atomic E-state index is -0.587. The van der Waals surface area contributed by atoms with Crippen molar-refractivity contribution >= 4 is 29.1 Å². The summed E-state index contributed by atoms with van der Waals surface area (Å²) in [6.45, 7) is 0.0782. The van der Waals surface area contributed by atoms with Crippen molar-refractivity contribution in [1.29, 1.82) is 0 Å². The van der Waals surface area contributed by atoms with Crippen molar-refractivity contribution in [3.8, 4) is 0 Å². The van der Waals surface area contributed by atoms with Gasteiger partial charge >= 0.3 is 0 Å². The van der Waals surface area contributed by atoms with Crippen LogP contribution in [0.2, 0.25) is 5.02 Å². The van der Waals surface area contributed by atoms with Crippen LogP contribution in [0, 0.1) is 11.7 Å². The first-order valence-electron chi connectivity index (χ1n) is 5.04.